The van der Waals surface area contributed by atoms with Gasteiger partial charge in [0.15, 0.2) is 23.8 Å². The van der Waals surface area contributed by atoms with Crippen molar-refractivity contribution in [3.63, 3.8) is 0 Å². The molecule has 19 heavy (non-hydrogen) atoms. The molecule has 2 atom stereocenters. The van der Waals surface area contributed by atoms with E-state index in [2.05, 4.69) is 4.98 Å². The number of ether oxygens (including phenoxy) is 3. The zero-order chi connectivity index (χ0) is 13.4. The predicted molar refractivity (Wildman–Crippen MR) is 70.4 cm³/mol. The number of benzene rings is 1. The molecule has 5 heteroatoms. The molecule has 2 unspecified atom stereocenters. The van der Waals surface area contributed by atoms with Gasteiger partial charge >= 0.3 is 0 Å². The van der Waals surface area contributed by atoms with Crippen LogP contribution in [0.25, 0.3) is 11.0 Å². The first-order valence-corrected chi connectivity index (χ1v) is 6.10. The molecule has 0 spiro atoms. The molecule has 1 aliphatic heterocycles. The normalized spacial score (nSPS) is 22.4. The van der Waals surface area contributed by atoms with Crippen LogP contribution in [0.2, 0.25) is 0 Å². The first-order chi connectivity index (χ1) is 9.26. The van der Waals surface area contributed by atoms with E-state index in [1.54, 1.807) is 20.5 Å². The van der Waals surface area contributed by atoms with Crippen molar-refractivity contribution in [1.29, 1.82) is 0 Å². The van der Waals surface area contributed by atoms with Crippen LogP contribution in [0, 0.1) is 0 Å². The fraction of sp³-hybridized carbons (Fsp3) is 0.357. The van der Waals surface area contributed by atoms with Crippen molar-refractivity contribution in [3.05, 3.63) is 42.1 Å². The number of hydrogen-bond donors (Lipinski definition) is 0. The summed E-state index contributed by atoms with van der Waals surface area (Å²) in [6.45, 7) is 0. The molecule has 1 aliphatic rings. The second-order valence-electron chi connectivity index (χ2n) is 4.46. The fourth-order valence-electron chi connectivity index (χ4n) is 2.45. The molecule has 3 rings (SSSR count). The Hall–Kier alpha value is -2.01. The summed E-state index contributed by atoms with van der Waals surface area (Å²) in [4.78, 5) is 4.63. The molecule has 0 bridgehead atoms. The highest BCUT2D eigenvalue weighted by molar-refractivity contribution is 5.75. The van der Waals surface area contributed by atoms with Crippen molar-refractivity contribution in [2.45, 2.75) is 12.2 Å². The van der Waals surface area contributed by atoms with E-state index in [-0.39, 0.29) is 12.2 Å². The average Bonchev–Trinajstić information content (AvgIpc) is 3.00. The van der Waals surface area contributed by atoms with Crippen LogP contribution >= 0.6 is 0 Å². The van der Waals surface area contributed by atoms with E-state index in [9.17, 15) is 0 Å². The summed E-state index contributed by atoms with van der Waals surface area (Å²) in [6, 6.07) is 7.99. The van der Waals surface area contributed by atoms with Crippen LogP contribution in [0.1, 0.15) is 11.9 Å². The zero-order valence-corrected chi connectivity index (χ0v) is 11.2. The topological polar surface area (TPSA) is 45.5 Å². The minimum Gasteiger partial charge on any atom is -0.495 e. The lowest BCUT2D eigenvalue weighted by Gasteiger charge is -2.18. The molecular formula is C14H16N2O3. The molecule has 2 heterocycles. The molecule has 2 aromatic rings. The largest absolute Gasteiger partial charge is 0.495 e. The fourth-order valence-corrected chi connectivity index (χ4v) is 2.45. The van der Waals surface area contributed by atoms with Gasteiger partial charge < -0.3 is 18.8 Å². The summed E-state index contributed by atoms with van der Waals surface area (Å²) in [6.07, 6.45) is 1.05. The molecule has 1 aromatic carbocycles. The maximum absolute atomic E-state index is 5.66. The molecule has 0 N–H and O–H groups in total. The highest BCUT2D eigenvalue weighted by Crippen LogP contribution is 2.34. The van der Waals surface area contributed by atoms with Gasteiger partial charge in [0.05, 0.1) is 18.1 Å². The van der Waals surface area contributed by atoms with E-state index in [0.29, 0.717) is 5.76 Å². The van der Waals surface area contributed by atoms with Gasteiger partial charge in [-0.3, -0.25) is 0 Å². The number of imidazole rings is 1. The van der Waals surface area contributed by atoms with Crippen LogP contribution < -0.4 is 0 Å². The van der Waals surface area contributed by atoms with E-state index < -0.39 is 0 Å². The van der Waals surface area contributed by atoms with E-state index in [0.717, 1.165) is 16.9 Å². The van der Waals surface area contributed by atoms with Gasteiger partial charge in [-0.1, -0.05) is 12.1 Å². The van der Waals surface area contributed by atoms with E-state index in [1.807, 2.05) is 35.9 Å². The second kappa shape index (κ2) is 4.59. The quantitative estimate of drug-likeness (QED) is 0.848. The maximum atomic E-state index is 5.66. The number of nitrogens with zero attached hydrogens (tertiary/aromatic N) is 2. The number of para-hydroxylation sites is 2. The van der Waals surface area contributed by atoms with Crippen molar-refractivity contribution in [1.82, 2.24) is 9.55 Å². The van der Waals surface area contributed by atoms with Gasteiger partial charge in [-0.15, -0.1) is 0 Å². The van der Waals surface area contributed by atoms with E-state index in [1.165, 1.54) is 0 Å². The van der Waals surface area contributed by atoms with Crippen LogP contribution in [-0.4, -0.2) is 29.9 Å². The number of rotatable bonds is 3. The summed E-state index contributed by atoms with van der Waals surface area (Å²) in [5, 5.41) is 0. The third-order valence-corrected chi connectivity index (χ3v) is 3.45. The first kappa shape index (κ1) is 12.0. The minimum atomic E-state index is -0.280. The van der Waals surface area contributed by atoms with Crippen molar-refractivity contribution in [2.24, 2.45) is 7.05 Å². The maximum Gasteiger partial charge on any atom is 0.189 e. The van der Waals surface area contributed by atoms with Crippen molar-refractivity contribution < 1.29 is 14.2 Å². The molecule has 0 saturated carbocycles. The number of methoxy groups -OCH3 is 2. The van der Waals surface area contributed by atoms with Crippen LogP contribution in [0.4, 0.5) is 0 Å². The molecule has 1 aromatic heterocycles. The highest BCUT2D eigenvalue weighted by Gasteiger charge is 2.37. The van der Waals surface area contributed by atoms with Gasteiger partial charge in [-0.05, 0) is 12.1 Å². The lowest BCUT2D eigenvalue weighted by molar-refractivity contribution is 0.00483. The van der Waals surface area contributed by atoms with Crippen molar-refractivity contribution >= 4 is 11.0 Å². The first-order valence-electron chi connectivity index (χ1n) is 6.10. The van der Waals surface area contributed by atoms with Gasteiger partial charge in [0.1, 0.15) is 6.26 Å². The van der Waals surface area contributed by atoms with Gasteiger partial charge in [0, 0.05) is 14.2 Å². The van der Waals surface area contributed by atoms with Gasteiger partial charge in [-0.2, -0.15) is 0 Å². The van der Waals surface area contributed by atoms with Crippen molar-refractivity contribution in [2.75, 3.05) is 14.2 Å². The van der Waals surface area contributed by atoms with Crippen LogP contribution in [0.5, 0.6) is 0 Å². The summed E-state index contributed by atoms with van der Waals surface area (Å²) in [7, 11) is 5.23. The summed E-state index contributed by atoms with van der Waals surface area (Å²) in [5.41, 5.74) is 2.02. The number of hydrogen-bond acceptors (Lipinski definition) is 4. The Labute approximate surface area is 111 Å². The van der Waals surface area contributed by atoms with Crippen LogP contribution in [0.15, 0.2) is 36.3 Å². The van der Waals surface area contributed by atoms with E-state index >= 15 is 0 Å². The van der Waals surface area contributed by atoms with E-state index in [4.69, 9.17) is 14.2 Å². The van der Waals surface area contributed by atoms with Crippen LogP contribution in [-0.2, 0) is 21.3 Å². The van der Waals surface area contributed by atoms with Gasteiger partial charge in [0.25, 0.3) is 0 Å². The SMILES string of the molecule is COC1=COC(c2nc3ccccc3n2C)C1OC. The lowest BCUT2D eigenvalue weighted by Crippen LogP contribution is -2.22. The molecular weight excluding hydrogens is 244 g/mol. The molecule has 0 aliphatic carbocycles. The Balaban J connectivity index is 2.03. The molecule has 0 fully saturated rings. The Morgan fingerprint density at radius 3 is 2.74 bits per heavy atom. The standard InChI is InChI=1S/C14H16N2O3/c1-16-10-7-5-4-6-9(10)15-14(16)13-12(18-3)11(17-2)8-19-13/h4-8,12-13H,1-3H3. The smallest absolute Gasteiger partial charge is 0.189 e. The zero-order valence-electron chi connectivity index (χ0n) is 11.2. The molecule has 5 nitrogen and oxygen atoms in total. The Bertz CT molecular complexity index is 633. The lowest BCUT2D eigenvalue weighted by atomic mass is 10.2. The van der Waals surface area contributed by atoms with Gasteiger partial charge in [0.2, 0.25) is 0 Å². The molecule has 100 valence electrons. The Kier molecular flexibility index (Phi) is 2.91. The summed E-state index contributed by atoms with van der Waals surface area (Å²) in [5.74, 6) is 1.51. The number of aromatic nitrogens is 2. The monoisotopic (exact) mass is 260 g/mol. The number of aryl methyl sites for hydroxylation is 1. The Morgan fingerprint density at radius 2 is 2.05 bits per heavy atom. The second-order valence-corrected chi connectivity index (χ2v) is 4.46. The van der Waals surface area contributed by atoms with Gasteiger partial charge in [-0.25, -0.2) is 4.98 Å². The third-order valence-electron chi connectivity index (χ3n) is 3.45. The third kappa shape index (κ3) is 1.77. The average molecular weight is 260 g/mol. The predicted octanol–water partition coefficient (Wildman–Crippen LogP) is 2.15. The Morgan fingerprint density at radius 1 is 1.26 bits per heavy atom. The molecule has 0 amide bonds. The highest BCUT2D eigenvalue weighted by atomic mass is 16.6. The molecule has 0 radical (unpaired) electrons. The summed E-state index contributed by atoms with van der Waals surface area (Å²) >= 11 is 0. The summed E-state index contributed by atoms with van der Waals surface area (Å²) < 4.78 is 18.4. The minimum absolute atomic E-state index is 0.263. The van der Waals surface area contributed by atoms with Crippen molar-refractivity contribution in [3.8, 4) is 0 Å². The number of fused-ring (bicyclic) bond motifs is 1. The van der Waals surface area contributed by atoms with Crippen LogP contribution in [0.3, 0.4) is 0 Å². The molecule has 0 saturated heterocycles.